The largest absolute Gasteiger partial charge is 3.00 e. The first kappa shape index (κ1) is 22.6. The van der Waals surface area contributed by atoms with Crippen LogP contribution in [0.3, 0.4) is 0 Å². The number of rotatable bonds is 0. The van der Waals surface area contributed by atoms with Gasteiger partial charge in [-0.05, 0) is 0 Å². The zero-order valence-electron chi connectivity index (χ0n) is 4.06. The first-order valence-corrected chi connectivity index (χ1v) is 1.10. The summed E-state index contributed by atoms with van der Waals surface area (Å²) >= 11 is 0. The van der Waals surface area contributed by atoms with Crippen molar-refractivity contribution in [3.05, 3.63) is 30.3 Å². The maximum Gasteiger partial charge on any atom is 3.00 e. The molecule has 0 unspecified atom stereocenters. The first-order chi connectivity index (χ1) is 4.24. The molecule has 1 radical (unpaired) electrons. The van der Waals surface area contributed by atoms with E-state index in [-0.39, 0.29) is 46.9 Å². The third-order valence-electron chi connectivity index (χ3n) is 0. The molecule has 0 saturated carbocycles. The zero-order valence-corrected chi connectivity index (χ0v) is 5.77. The quantitative estimate of drug-likeness (QED) is 0.474. The van der Waals surface area contributed by atoms with Crippen LogP contribution in [-0.4, -0.2) is 0 Å². The van der Waals surface area contributed by atoms with Crippen LogP contribution >= 0.6 is 0 Å². The van der Waals surface area contributed by atoms with Gasteiger partial charge in [-0.25, -0.2) is 0 Å². The standard InChI is InChI=1S/3HNO2.Yb/c3*2-1-3;/h3*(H,2,3);/q;;;+3/p-3. The fourth-order valence-electron chi connectivity index (χ4n) is 0. The van der Waals surface area contributed by atoms with Gasteiger partial charge in [-0.3, -0.25) is 0 Å². The van der Waals surface area contributed by atoms with Gasteiger partial charge in [0.1, 0.15) is 0 Å². The van der Waals surface area contributed by atoms with Crippen LogP contribution in [-0.2, 0) is 0 Å². The van der Waals surface area contributed by atoms with E-state index in [1.54, 1.807) is 0 Å². The van der Waals surface area contributed by atoms with Gasteiger partial charge in [-0.2, -0.15) is 0 Å². The van der Waals surface area contributed by atoms with Gasteiger partial charge >= 0.3 is 46.9 Å². The van der Waals surface area contributed by atoms with Crippen molar-refractivity contribution in [2.75, 3.05) is 0 Å². The second kappa shape index (κ2) is 70.3. The van der Waals surface area contributed by atoms with Gasteiger partial charge in [0.2, 0.25) is 0 Å². The molecule has 10 heteroatoms. The molecule has 0 bridgehead atoms. The molecule has 0 rings (SSSR count). The Bertz CT molecular complexity index is 49.7. The van der Waals surface area contributed by atoms with Crippen molar-refractivity contribution in [3.8, 4) is 0 Å². The molecule has 0 heterocycles. The van der Waals surface area contributed by atoms with Crippen molar-refractivity contribution in [3.63, 3.8) is 0 Å². The molecule has 0 fully saturated rings. The Kier molecular flexibility index (Phi) is 159. The average molecular weight is 311 g/mol. The molecule has 0 aliphatic rings. The minimum atomic E-state index is 0. The molecule has 0 aromatic heterocycles. The Hall–Kier alpha value is -0.281. The first-order valence-electron chi connectivity index (χ1n) is 1.10. The molecular weight excluding hydrogens is 311 g/mol. The molecule has 0 aromatic carbocycles. The molecule has 65 valence electrons. The Morgan fingerprint density at radius 1 is 0.700 bits per heavy atom. The fourth-order valence-corrected chi connectivity index (χ4v) is 0. The van der Waals surface area contributed by atoms with Crippen molar-refractivity contribution < 1.29 is 46.9 Å². The maximum absolute atomic E-state index is 8.00. The van der Waals surface area contributed by atoms with Crippen molar-refractivity contribution in [1.29, 1.82) is 0 Å². The summed E-state index contributed by atoms with van der Waals surface area (Å²) in [7, 11) is 0. The molecule has 0 aliphatic heterocycles. The Balaban J connectivity index is -0.0000000257. The van der Waals surface area contributed by atoms with E-state index < -0.39 is 0 Å². The maximum atomic E-state index is 8.00. The van der Waals surface area contributed by atoms with Gasteiger partial charge in [-0.1, -0.05) is 0 Å². The van der Waals surface area contributed by atoms with Crippen LogP contribution in [0.25, 0.3) is 0 Å². The van der Waals surface area contributed by atoms with E-state index in [2.05, 4.69) is 0 Å². The van der Waals surface area contributed by atoms with Crippen molar-refractivity contribution in [2.24, 2.45) is 16.0 Å². The van der Waals surface area contributed by atoms with Crippen LogP contribution in [0.5, 0.6) is 0 Å². The van der Waals surface area contributed by atoms with Crippen molar-refractivity contribution in [2.45, 2.75) is 0 Å². The predicted octanol–water partition coefficient (Wildman–Crippen LogP) is 0.752. The van der Waals surface area contributed by atoms with Crippen LogP contribution in [0, 0.1) is 77.3 Å². The van der Waals surface area contributed by atoms with Crippen LogP contribution in [0.2, 0.25) is 0 Å². The molecule has 0 amide bonds. The molecule has 10 heavy (non-hydrogen) atoms. The summed E-state index contributed by atoms with van der Waals surface area (Å²) < 4.78 is 0. The van der Waals surface area contributed by atoms with E-state index in [1.807, 2.05) is 0 Å². The van der Waals surface area contributed by atoms with E-state index in [4.69, 9.17) is 30.3 Å². The molecule has 0 aliphatic carbocycles. The predicted molar refractivity (Wildman–Crippen MR) is 27.5 cm³/mol. The summed E-state index contributed by atoms with van der Waals surface area (Å²) in [5, 5.41) is 27.0. The van der Waals surface area contributed by atoms with E-state index in [1.165, 1.54) is 0 Å². The molecular formula is N3O6Yb. The van der Waals surface area contributed by atoms with E-state index in [9.17, 15) is 0 Å². The molecule has 0 atom stereocenters. The van der Waals surface area contributed by atoms with E-state index in [0.29, 0.717) is 0 Å². The topological polar surface area (TPSA) is 157 Å². The normalized spacial score (nSPS) is 3.60. The second-order valence-electron chi connectivity index (χ2n) is 0.224. The zero-order chi connectivity index (χ0) is 8.12. The fraction of sp³-hybridized carbons (Fsp3) is 0. The molecule has 0 aromatic rings. The van der Waals surface area contributed by atoms with Gasteiger partial charge in [0.15, 0.2) is 0 Å². The third kappa shape index (κ3) is 4430. The summed E-state index contributed by atoms with van der Waals surface area (Å²) in [6.45, 7) is 0. The van der Waals surface area contributed by atoms with Crippen LogP contribution in [0.15, 0.2) is 16.0 Å². The minimum Gasteiger partial charge on any atom is -0.444 e. The van der Waals surface area contributed by atoms with Gasteiger partial charge in [0, 0.05) is 0 Å². The van der Waals surface area contributed by atoms with Gasteiger partial charge < -0.3 is 30.3 Å². The summed E-state index contributed by atoms with van der Waals surface area (Å²) in [6, 6.07) is 0. The van der Waals surface area contributed by atoms with Crippen molar-refractivity contribution in [1.82, 2.24) is 0 Å². The monoisotopic (exact) mass is 312 g/mol. The Morgan fingerprint density at radius 2 is 0.700 bits per heavy atom. The summed E-state index contributed by atoms with van der Waals surface area (Å²) in [5.41, 5.74) is 0. The number of hydrogen-bond acceptors (Lipinski definition) is 9. The summed E-state index contributed by atoms with van der Waals surface area (Å²) in [6.07, 6.45) is 0. The molecule has 0 N–H and O–H groups in total. The second-order valence-corrected chi connectivity index (χ2v) is 0.224. The van der Waals surface area contributed by atoms with Crippen molar-refractivity contribution >= 4 is 0 Å². The molecule has 9 nitrogen and oxygen atoms in total. The average Bonchev–Trinajstić information content (AvgIpc) is 1.70. The molecule has 0 spiro atoms. The van der Waals surface area contributed by atoms with E-state index >= 15 is 0 Å². The number of hydrogen-bond donors (Lipinski definition) is 0. The smallest absolute Gasteiger partial charge is 0.444 e. The minimum absolute atomic E-state index is 0. The van der Waals surface area contributed by atoms with Crippen LogP contribution in [0.1, 0.15) is 0 Å². The Morgan fingerprint density at radius 3 is 0.700 bits per heavy atom. The Labute approximate surface area is 92.5 Å². The SMILES string of the molecule is O=N[O-].O=N[O-].O=N[O-].[Yb+3]. The van der Waals surface area contributed by atoms with Crippen LogP contribution < -0.4 is 0 Å². The van der Waals surface area contributed by atoms with Crippen LogP contribution in [0.4, 0.5) is 0 Å². The van der Waals surface area contributed by atoms with Gasteiger partial charge in [0.25, 0.3) is 0 Å². The third-order valence-corrected chi connectivity index (χ3v) is 0. The number of nitrogens with zero attached hydrogens (tertiary/aromatic N) is 3. The summed E-state index contributed by atoms with van der Waals surface area (Å²) in [5.74, 6) is 0. The van der Waals surface area contributed by atoms with Gasteiger partial charge in [0.05, 0.1) is 0 Å². The van der Waals surface area contributed by atoms with Gasteiger partial charge in [-0.15, -0.1) is 16.0 Å². The molecule has 0 saturated heterocycles. The summed E-state index contributed by atoms with van der Waals surface area (Å²) in [4.78, 5) is 24.0. The van der Waals surface area contributed by atoms with E-state index in [0.717, 1.165) is 16.0 Å².